The molecule has 0 N–H and O–H groups in total. The van der Waals surface area contributed by atoms with Gasteiger partial charge in [-0.3, -0.25) is 0 Å². The number of quaternary nitrogens is 1. The van der Waals surface area contributed by atoms with Gasteiger partial charge in [0.25, 0.3) is 0 Å². The number of likely N-dealkylation sites (N-methyl/N-ethyl adjacent to an activating group) is 1. The lowest BCUT2D eigenvalue weighted by molar-refractivity contribution is -0.910. The van der Waals surface area contributed by atoms with E-state index in [0.717, 1.165) is 47.6 Å². The largest absolute Gasteiger partial charge is 0.471 e. The third kappa shape index (κ3) is 26.5. The monoisotopic (exact) mass is 808 g/mol. The van der Waals surface area contributed by atoms with E-state index in [-0.39, 0.29) is 0 Å². The fraction of sp³-hybridized carbons (Fsp3) is 0.833. The van der Waals surface area contributed by atoms with Crippen LogP contribution in [0.15, 0.2) is 30.3 Å². The van der Waals surface area contributed by atoms with Crippen molar-refractivity contribution in [1.29, 1.82) is 0 Å². The Hall–Kier alpha value is -1.65. The summed E-state index contributed by atoms with van der Waals surface area (Å²) in [6.07, 6.45) is 47.1. The van der Waals surface area contributed by atoms with Crippen molar-refractivity contribution < 1.29 is 14.0 Å². The van der Waals surface area contributed by atoms with Gasteiger partial charge in [0.05, 0.1) is 20.2 Å². The molecule has 2 atom stereocenters. The Bertz CT molecular complexity index is 1200. The fourth-order valence-corrected chi connectivity index (χ4v) is 8.87. The fourth-order valence-electron chi connectivity index (χ4n) is 8.87. The van der Waals surface area contributed by atoms with Gasteiger partial charge in [0, 0.05) is 11.1 Å². The zero-order valence-electron chi connectivity index (χ0n) is 39.9. The first-order valence-electron chi connectivity index (χ1n) is 25.9. The van der Waals surface area contributed by atoms with Crippen LogP contribution in [0.4, 0.5) is 0 Å². The highest BCUT2D eigenvalue weighted by Crippen LogP contribution is 2.28. The van der Waals surface area contributed by atoms with Gasteiger partial charge in [-0.2, -0.15) is 0 Å². The molecule has 1 aromatic carbocycles. The highest BCUT2D eigenvalue weighted by atomic mass is 16.5. The molecule has 0 amide bonds. The number of hydrogen-bond acceptors (Lipinski definition) is 3. The average molecular weight is 808 g/mol. The first-order valence-corrected chi connectivity index (χ1v) is 25.9. The van der Waals surface area contributed by atoms with Crippen LogP contribution in [0.2, 0.25) is 0 Å². The van der Waals surface area contributed by atoms with E-state index in [1.54, 1.807) is 0 Å². The Balaban J connectivity index is 1.82. The number of ether oxygens (including phenoxy) is 2. The molecule has 0 spiro atoms. The van der Waals surface area contributed by atoms with Crippen LogP contribution in [0.5, 0.6) is 5.88 Å². The SMILES string of the molecule is CCCCCCCCCCCCCCCCCCC(CCC)C(CCCCCCCCCCCCC)OC[N+](C)(C)CCOc1nc(CCCC)cc2ccccc12. The third-order valence-electron chi connectivity index (χ3n) is 12.8. The number of fused-ring (bicyclic) bond motifs is 1. The van der Waals surface area contributed by atoms with Gasteiger partial charge in [0.2, 0.25) is 5.88 Å². The topological polar surface area (TPSA) is 31.4 Å². The van der Waals surface area contributed by atoms with Crippen LogP contribution in [0.1, 0.15) is 245 Å². The maximum atomic E-state index is 7.03. The summed E-state index contributed by atoms with van der Waals surface area (Å²) >= 11 is 0. The van der Waals surface area contributed by atoms with Gasteiger partial charge in [0.1, 0.15) is 13.2 Å². The van der Waals surface area contributed by atoms with Crippen molar-refractivity contribution >= 4 is 10.8 Å². The van der Waals surface area contributed by atoms with Gasteiger partial charge in [-0.1, -0.05) is 232 Å². The first-order chi connectivity index (χ1) is 28.4. The molecule has 1 aromatic heterocycles. The maximum absolute atomic E-state index is 7.03. The second-order valence-electron chi connectivity index (χ2n) is 19.1. The molecule has 336 valence electrons. The van der Waals surface area contributed by atoms with E-state index in [4.69, 9.17) is 14.5 Å². The molecule has 58 heavy (non-hydrogen) atoms. The molecule has 0 bridgehead atoms. The molecule has 0 fully saturated rings. The van der Waals surface area contributed by atoms with Gasteiger partial charge in [-0.05, 0) is 55.5 Å². The maximum Gasteiger partial charge on any atom is 0.221 e. The van der Waals surface area contributed by atoms with Crippen LogP contribution in [0, 0.1) is 5.92 Å². The van der Waals surface area contributed by atoms with Crippen molar-refractivity contribution in [2.75, 3.05) is 34.0 Å². The van der Waals surface area contributed by atoms with E-state index in [2.05, 4.69) is 72.1 Å². The summed E-state index contributed by atoms with van der Waals surface area (Å²) in [5.74, 6) is 1.47. The van der Waals surface area contributed by atoms with Crippen molar-refractivity contribution in [3.05, 3.63) is 36.0 Å². The minimum absolute atomic E-state index is 0.369. The highest BCUT2D eigenvalue weighted by molar-refractivity contribution is 5.87. The predicted octanol–water partition coefficient (Wildman–Crippen LogP) is 17.1. The summed E-state index contributed by atoms with van der Waals surface area (Å²) < 4.78 is 14.3. The molecular weight excluding hydrogens is 709 g/mol. The predicted molar refractivity (Wildman–Crippen MR) is 256 cm³/mol. The average Bonchev–Trinajstić information content (AvgIpc) is 3.22. The van der Waals surface area contributed by atoms with Gasteiger partial charge < -0.3 is 14.0 Å². The van der Waals surface area contributed by atoms with Crippen LogP contribution < -0.4 is 4.74 Å². The van der Waals surface area contributed by atoms with E-state index in [0.29, 0.717) is 18.6 Å². The van der Waals surface area contributed by atoms with E-state index in [1.807, 2.05) is 0 Å². The molecule has 2 aromatic rings. The quantitative estimate of drug-likeness (QED) is 0.0380. The molecular formula is C54H99N2O2+. The number of aromatic nitrogens is 1. The van der Waals surface area contributed by atoms with E-state index < -0.39 is 0 Å². The Morgan fingerprint density at radius 3 is 1.48 bits per heavy atom. The van der Waals surface area contributed by atoms with Crippen molar-refractivity contribution in [1.82, 2.24) is 4.98 Å². The molecule has 4 nitrogen and oxygen atoms in total. The minimum Gasteiger partial charge on any atom is -0.471 e. The molecule has 0 aliphatic rings. The van der Waals surface area contributed by atoms with E-state index in [1.165, 1.54) is 211 Å². The summed E-state index contributed by atoms with van der Waals surface area (Å²) in [5, 5.41) is 2.35. The van der Waals surface area contributed by atoms with Crippen LogP contribution in [-0.2, 0) is 11.2 Å². The molecule has 0 aliphatic heterocycles. The Labute approximate surface area is 362 Å². The second-order valence-corrected chi connectivity index (χ2v) is 19.1. The number of hydrogen-bond donors (Lipinski definition) is 0. The molecule has 4 heteroatoms. The number of unbranched alkanes of at least 4 members (excludes halogenated alkanes) is 26. The second kappa shape index (κ2) is 36.0. The zero-order chi connectivity index (χ0) is 41.8. The zero-order valence-corrected chi connectivity index (χ0v) is 39.9. The van der Waals surface area contributed by atoms with E-state index >= 15 is 0 Å². The standard InChI is InChI=1S/C54H99N2O2/c1-7-11-14-16-18-20-22-23-24-25-26-28-29-31-33-35-40-49(39-10-4)53(44-36-34-32-30-27-21-19-17-15-12-8-2)58-48-56(5,6)45-46-57-54-52-43-38-37-41-50(52)47-51(55-54)42-13-9-3/h37-38,41,43,47,49,53H,7-36,39-40,42,44-46,48H2,1-6H3/q+1. The molecule has 0 saturated heterocycles. The number of aryl methyl sites for hydroxylation is 1. The van der Waals surface area contributed by atoms with Crippen molar-refractivity contribution in [2.45, 2.75) is 252 Å². The highest BCUT2D eigenvalue weighted by Gasteiger charge is 2.25. The lowest BCUT2D eigenvalue weighted by Crippen LogP contribution is -2.46. The van der Waals surface area contributed by atoms with Gasteiger partial charge in [0.15, 0.2) is 6.73 Å². The Kier molecular flexibility index (Phi) is 32.6. The Morgan fingerprint density at radius 2 is 0.983 bits per heavy atom. The first kappa shape index (κ1) is 52.5. The Morgan fingerprint density at radius 1 is 0.517 bits per heavy atom. The smallest absolute Gasteiger partial charge is 0.221 e. The number of benzene rings is 1. The summed E-state index contributed by atoms with van der Waals surface area (Å²) in [6.45, 7) is 11.5. The van der Waals surface area contributed by atoms with Crippen molar-refractivity contribution in [3.8, 4) is 5.88 Å². The summed E-state index contributed by atoms with van der Waals surface area (Å²) in [7, 11) is 4.63. The molecule has 2 rings (SSSR count). The third-order valence-corrected chi connectivity index (χ3v) is 12.8. The van der Waals surface area contributed by atoms with Gasteiger partial charge in [-0.25, -0.2) is 4.98 Å². The normalized spacial score (nSPS) is 13.1. The van der Waals surface area contributed by atoms with Crippen molar-refractivity contribution in [2.24, 2.45) is 5.92 Å². The summed E-state index contributed by atoms with van der Waals surface area (Å²) in [4.78, 5) is 4.98. The molecule has 2 unspecified atom stereocenters. The van der Waals surface area contributed by atoms with Crippen LogP contribution in [0.3, 0.4) is 0 Å². The molecule has 0 radical (unpaired) electrons. The number of rotatable bonds is 42. The number of nitrogens with zero attached hydrogens (tertiary/aromatic N) is 2. The van der Waals surface area contributed by atoms with Crippen LogP contribution in [-0.4, -0.2) is 49.5 Å². The summed E-state index contributed by atoms with van der Waals surface area (Å²) in [5.41, 5.74) is 1.14. The minimum atomic E-state index is 0.369. The lowest BCUT2D eigenvalue weighted by Gasteiger charge is -2.34. The van der Waals surface area contributed by atoms with Crippen molar-refractivity contribution in [3.63, 3.8) is 0 Å². The van der Waals surface area contributed by atoms with Gasteiger partial charge in [-0.15, -0.1) is 0 Å². The van der Waals surface area contributed by atoms with Crippen LogP contribution in [0.25, 0.3) is 10.8 Å². The molecule has 0 saturated carbocycles. The van der Waals surface area contributed by atoms with Gasteiger partial charge >= 0.3 is 0 Å². The number of pyridine rings is 1. The lowest BCUT2D eigenvalue weighted by atomic mass is 9.88. The summed E-state index contributed by atoms with van der Waals surface area (Å²) in [6, 6.07) is 10.8. The van der Waals surface area contributed by atoms with E-state index in [9.17, 15) is 0 Å². The molecule has 0 aliphatic carbocycles. The molecule has 1 heterocycles. The van der Waals surface area contributed by atoms with Crippen LogP contribution >= 0.6 is 0 Å².